The monoisotopic (exact) mass is 394 g/mol. The fourth-order valence-corrected chi connectivity index (χ4v) is 3.79. The molecule has 4 rings (SSSR count). The molecule has 1 atom stereocenters. The minimum Gasteiger partial charge on any atom is -0.490 e. The minimum atomic E-state index is -0.187. The molecule has 0 aliphatic carbocycles. The molecule has 2 aliphatic rings. The van der Waals surface area contributed by atoms with Crippen molar-refractivity contribution in [1.82, 2.24) is 4.90 Å². The predicted molar refractivity (Wildman–Crippen MR) is 111 cm³/mol. The van der Waals surface area contributed by atoms with Crippen LogP contribution in [0.2, 0.25) is 0 Å². The number of nitrogens with zero attached hydrogens (tertiary/aromatic N) is 1. The number of likely N-dealkylation sites (tertiary alicyclic amines) is 1. The molecule has 0 bridgehead atoms. The molecule has 0 aromatic heterocycles. The largest absolute Gasteiger partial charge is 0.490 e. The lowest BCUT2D eigenvalue weighted by Gasteiger charge is -2.26. The van der Waals surface area contributed by atoms with Crippen molar-refractivity contribution in [1.29, 1.82) is 0 Å². The number of ether oxygens (including phenoxy) is 2. The maximum Gasteiger partial charge on any atom is 0.260 e. The Morgan fingerprint density at radius 1 is 1.10 bits per heavy atom. The van der Waals surface area contributed by atoms with Gasteiger partial charge in [-0.05, 0) is 74.2 Å². The Morgan fingerprint density at radius 3 is 2.62 bits per heavy atom. The summed E-state index contributed by atoms with van der Waals surface area (Å²) < 4.78 is 11.3. The molecule has 1 unspecified atom stereocenters. The summed E-state index contributed by atoms with van der Waals surface area (Å²) in [7, 11) is 0. The predicted octanol–water partition coefficient (Wildman–Crippen LogP) is 3.65. The number of hydrogen-bond acceptors (Lipinski definition) is 4. The van der Waals surface area contributed by atoms with Gasteiger partial charge in [0.05, 0.1) is 0 Å². The standard InChI is InChI=1S/C23H26N2O4/c1-16-13-18-14-19(7-10-21(18)29-16)24-23(27)17-5-8-20(9-6-17)28-15-22(26)25-11-3-2-4-12-25/h5-10,14,16H,2-4,11-13,15H2,1H3,(H,24,27). The summed E-state index contributed by atoms with van der Waals surface area (Å²) in [6.07, 6.45) is 4.33. The molecule has 6 heteroatoms. The van der Waals surface area contributed by atoms with E-state index in [2.05, 4.69) is 5.32 Å². The van der Waals surface area contributed by atoms with Gasteiger partial charge < -0.3 is 19.7 Å². The molecule has 29 heavy (non-hydrogen) atoms. The van der Waals surface area contributed by atoms with E-state index in [1.807, 2.05) is 30.0 Å². The van der Waals surface area contributed by atoms with Gasteiger partial charge in [-0.2, -0.15) is 0 Å². The Bertz CT molecular complexity index is 888. The first kappa shape index (κ1) is 19.3. The minimum absolute atomic E-state index is 0.0152. The van der Waals surface area contributed by atoms with Crippen molar-refractivity contribution in [3.63, 3.8) is 0 Å². The Hall–Kier alpha value is -3.02. The van der Waals surface area contributed by atoms with Crippen molar-refractivity contribution in [3.8, 4) is 11.5 Å². The Kier molecular flexibility index (Phi) is 5.69. The molecule has 0 radical (unpaired) electrons. The highest BCUT2D eigenvalue weighted by Crippen LogP contribution is 2.31. The second kappa shape index (κ2) is 8.55. The third-order valence-corrected chi connectivity index (χ3v) is 5.34. The van der Waals surface area contributed by atoms with Crippen LogP contribution in [-0.2, 0) is 11.2 Å². The number of fused-ring (bicyclic) bond motifs is 1. The molecule has 1 fully saturated rings. The second-order valence-electron chi connectivity index (χ2n) is 7.66. The molecular weight excluding hydrogens is 368 g/mol. The van der Waals surface area contributed by atoms with E-state index in [1.165, 1.54) is 6.42 Å². The van der Waals surface area contributed by atoms with Gasteiger partial charge in [0.15, 0.2) is 6.61 Å². The highest BCUT2D eigenvalue weighted by atomic mass is 16.5. The highest BCUT2D eigenvalue weighted by molar-refractivity contribution is 6.04. The summed E-state index contributed by atoms with van der Waals surface area (Å²) in [5.74, 6) is 1.29. The van der Waals surface area contributed by atoms with E-state index in [0.29, 0.717) is 11.3 Å². The van der Waals surface area contributed by atoms with Crippen LogP contribution in [0.1, 0.15) is 42.1 Å². The zero-order chi connectivity index (χ0) is 20.2. The lowest BCUT2D eigenvalue weighted by atomic mass is 10.1. The summed E-state index contributed by atoms with van der Waals surface area (Å²) in [5.41, 5.74) is 2.39. The van der Waals surface area contributed by atoms with Crippen LogP contribution in [0.5, 0.6) is 11.5 Å². The van der Waals surface area contributed by atoms with Crippen LogP contribution in [0.3, 0.4) is 0 Å². The van der Waals surface area contributed by atoms with E-state index in [-0.39, 0.29) is 24.5 Å². The first-order valence-corrected chi connectivity index (χ1v) is 10.2. The van der Waals surface area contributed by atoms with Gasteiger partial charge >= 0.3 is 0 Å². The van der Waals surface area contributed by atoms with Crippen LogP contribution in [0.15, 0.2) is 42.5 Å². The van der Waals surface area contributed by atoms with E-state index in [4.69, 9.17) is 9.47 Å². The molecular formula is C23H26N2O4. The Balaban J connectivity index is 1.31. The number of nitrogens with one attached hydrogen (secondary N) is 1. The summed E-state index contributed by atoms with van der Waals surface area (Å²) >= 11 is 0. The molecule has 2 amide bonds. The van der Waals surface area contributed by atoms with Crippen LogP contribution in [-0.4, -0.2) is 42.5 Å². The van der Waals surface area contributed by atoms with Crippen molar-refractivity contribution in [2.75, 3.05) is 25.0 Å². The average molecular weight is 394 g/mol. The summed E-state index contributed by atoms with van der Waals surface area (Å²) in [4.78, 5) is 26.6. The molecule has 2 aromatic carbocycles. The van der Waals surface area contributed by atoms with Crippen LogP contribution < -0.4 is 14.8 Å². The summed E-state index contributed by atoms with van der Waals surface area (Å²) in [6, 6.07) is 12.5. The molecule has 1 N–H and O–H groups in total. The van der Waals surface area contributed by atoms with E-state index in [1.54, 1.807) is 24.3 Å². The molecule has 0 saturated carbocycles. The summed E-state index contributed by atoms with van der Waals surface area (Å²) in [6.45, 7) is 3.69. The van der Waals surface area contributed by atoms with Gasteiger partial charge in [-0.1, -0.05) is 0 Å². The van der Waals surface area contributed by atoms with Gasteiger partial charge in [-0.15, -0.1) is 0 Å². The molecule has 2 heterocycles. The van der Waals surface area contributed by atoms with Gasteiger partial charge in [0.2, 0.25) is 0 Å². The van der Waals surface area contributed by atoms with E-state index in [0.717, 1.165) is 49.4 Å². The van der Waals surface area contributed by atoms with E-state index >= 15 is 0 Å². The number of benzene rings is 2. The normalized spacial score (nSPS) is 18.0. The van der Waals surface area contributed by atoms with Gasteiger partial charge in [-0.25, -0.2) is 0 Å². The zero-order valence-corrected chi connectivity index (χ0v) is 16.6. The SMILES string of the molecule is CC1Cc2cc(NC(=O)c3ccc(OCC(=O)N4CCCCC4)cc3)ccc2O1. The van der Waals surface area contributed by atoms with Crippen LogP contribution >= 0.6 is 0 Å². The average Bonchev–Trinajstić information content (AvgIpc) is 3.12. The van der Waals surface area contributed by atoms with Gasteiger partial charge in [-0.3, -0.25) is 9.59 Å². The molecule has 2 aromatic rings. The van der Waals surface area contributed by atoms with Gasteiger partial charge in [0, 0.05) is 30.8 Å². The number of hydrogen-bond donors (Lipinski definition) is 1. The van der Waals surface area contributed by atoms with Crippen molar-refractivity contribution in [2.24, 2.45) is 0 Å². The summed E-state index contributed by atoms with van der Waals surface area (Å²) in [5, 5.41) is 2.92. The molecule has 6 nitrogen and oxygen atoms in total. The van der Waals surface area contributed by atoms with Crippen molar-refractivity contribution in [2.45, 2.75) is 38.7 Å². The Morgan fingerprint density at radius 2 is 1.86 bits per heavy atom. The number of piperidine rings is 1. The lowest BCUT2D eigenvalue weighted by Crippen LogP contribution is -2.38. The van der Waals surface area contributed by atoms with Crippen molar-refractivity contribution >= 4 is 17.5 Å². The molecule has 152 valence electrons. The topological polar surface area (TPSA) is 67.9 Å². The quantitative estimate of drug-likeness (QED) is 0.841. The number of carbonyl (C=O) groups excluding carboxylic acids is 2. The zero-order valence-electron chi connectivity index (χ0n) is 16.6. The molecule has 0 spiro atoms. The van der Waals surface area contributed by atoms with E-state index < -0.39 is 0 Å². The maximum absolute atomic E-state index is 12.5. The maximum atomic E-state index is 12.5. The number of carbonyl (C=O) groups is 2. The molecule has 2 aliphatic heterocycles. The first-order valence-electron chi connectivity index (χ1n) is 10.2. The van der Waals surface area contributed by atoms with Crippen molar-refractivity contribution < 1.29 is 19.1 Å². The Labute approximate surface area is 170 Å². The van der Waals surface area contributed by atoms with Crippen LogP contribution in [0.25, 0.3) is 0 Å². The van der Waals surface area contributed by atoms with Gasteiger partial charge in [0.1, 0.15) is 17.6 Å². The first-order chi connectivity index (χ1) is 14.1. The van der Waals surface area contributed by atoms with Crippen molar-refractivity contribution in [3.05, 3.63) is 53.6 Å². The van der Waals surface area contributed by atoms with Crippen LogP contribution in [0, 0.1) is 0 Å². The molecule has 1 saturated heterocycles. The van der Waals surface area contributed by atoms with Gasteiger partial charge in [0.25, 0.3) is 11.8 Å². The lowest BCUT2D eigenvalue weighted by molar-refractivity contribution is -0.134. The third-order valence-electron chi connectivity index (χ3n) is 5.34. The fourth-order valence-electron chi connectivity index (χ4n) is 3.79. The number of amides is 2. The fraction of sp³-hybridized carbons (Fsp3) is 0.391. The van der Waals surface area contributed by atoms with E-state index in [9.17, 15) is 9.59 Å². The van der Waals surface area contributed by atoms with Crippen LogP contribution in [0.4, 0.5) is 5.69 Å². The highest BCUT2D eigenvalue weighted by Gasteiger charge is 2.20. The smallest absolute Gasteiger partial charge is 0.260 e. The number of rotatable bonds is 5. The second-order valence-corrected chi connectivity index (χ2v) is 7.66. The number of anilines is 1. The third kappa shape index (κ3) is 4.70.